The maximum absolute atomic E-state index is 12.9. The molecule has 1 aliphatic heterocycles. The van der Waals surface area contributed by atoms with E-state index in [1.165, 1.54) is 12.8 Å². The Morgan fingerprint density at radius 3 is 2.38 bits per heavy atom. The Bertz CT molecular complexity index is 723. The molecule has 138 valence electrons. The van der Waals surface area contributed by atoms with Gasteiger partial charge in [-0.2, -0.15) is 0 Å². The van der Waals surface area contributed by atoms with Crippen LogP contribution in [-0.4, -0.2) is 43.7 Å². The van der Waals surface area contributed by atoms with E-state index in [-0.39, 0.29) is 12.1 Å². The van der Waals surface area contributed by atoms with Crippen molar-refractivity contribution in [1.29, 1.82) is 0 Å². The van der Waals surface area contributed by atoms with Gasteiger partial charge in [-0.05, 0) is 24.6 Å². The van der Waals surface area contributed by atoms with Gasteiger partial charge in [0.1, 0.15) is 17.9 Å². The number of carbonyl (C=O) groups excluding carboxylic acids is 1. The van der Waals surface area contributed by atoms with Gasteiger partial charge in [0, 0.05) is 12.8 Å². The SMILES string of the molecule is CCOc1ccccc1C(=O)OC(C[N+]1(C)CCCC1)c1ccccc1. The Morgan fingerprint density at radius 2 is 1.69 bits per heavy atom. The van der Waals surface area contributed by atoms with Crippen LogP contribution in [0.5, 0.6) is 5.75 Å². The predicted octanol–water partition coefficient (Wildman–Crippen LogP) is 4.22. The third kappa shape index (κ3) is 4.44. The minimum absolute atomic E-state index is 0.263. The summed E-state index contributed by atoms with van der Waals surface area (Å²) < 4.78 is 12.5. The third-order valence-electron chi connectivity index (χ3n) is 5.08. The average molecular weight is 354 g/mol. The fourth-order valence-electron chi connectivity index (χ4n) is 3.67. The van der Waals surface area contributed by atoms with Crippen LogP contribution in [-0.2, 0) is 4.74 Å². The first-order chi connectivity index (χ1) is 12.6. The summed E-state index contributed by atoms with van der Waals surface area (Å²) in [5.41, 5.74) is 1.53. The first kappa shape index (κ1) is 18.5. The van der Waals surface area contributed by atoms with Gasteiger partial charge in [-0.3, -0.25) is 0 Å². The summed E-state index contributed by atoms with van der Waals surface area (Å²) in [5, 5.41) is 0. The second-order valence-corrected chi connectivity index (χ2v) is 7.19. The van der Waals surface area contributed by atoms with Gasteiger partial charge in [0.05, 0.1) is 26.7 Å². The summed E-state index contributed by atoms with van der Waals surface area (Å²) in [4.78, 5) is 12.9. The molecule has 1 unspecified atom stereocenters. The molecule has 0 radical (unpaired) electrons. The summed E-state index contributed by atoms with van der Waals surface area (Å²) in [5.74, 6) is 0.252. The van der Waals surface area contributed by atoms with Crippen molar-refractivity contribution < 1.29 is 18.8 Å². The second kappa shape index (κ2) is 8.37. The van der Waals surface area contributed by atoms with Crippen LogP contribution in [0.15, 0.2) is 54.6 Å². The van der Waals surface area contributed by atoms with Gasteiger partial charge in [-0.1, -0.05) is 42.5 Å². The van der Waals surface area contributed by atoms with Crippen LogP contribution in [0.2, 0.25) is 0 Å². The lowest BCUT2D eigenvalue weighted by molar-refractivity contribution is -0.901. The molecule has 0 N–H and O–H groups in total. The van der Waals surface area contributed by atoms with E-state index >= 15 is 0 Å². The number of hydrogen-bond acceptors (Lipinski definition) is 3. The molecule has 0 amide bonds. The van der Waals surface area contributed by atoms with E-state index in [9.17, 15) is 4.79 Å². The van der Waals surface area contributed by atoms with Crippen molar-refractivity contribution in [2.45, 2.75) is 25.9 Å². The molecule has 2 aromatic rings. The smallest absolute Gasteiger partial charge is 0.342 e. The molecule has 0 spiro atoms. The number of ether oxygens (including phenoxy) is 2. The molecule has 0 bridgehead atoms. The normalized spacial score (nSPS) is 16.8. The fraction of sp³-hybridized carbons (Fsp3) is 0.409. The zero-order valence-electron chi connectivity index (χ0n) is 15.7. The van der Waals surface area contributed by atoms with Crippen molar-refractivity contribution in [3.8, 4) is 5.75 Å². The quantitative estimate of drug-likeness (QED) is 0.551. The Morgan fingerprint density at radius 1 is 1.04 bits per heavy atom. The second-order valence-electron chi connectivity index (χ2n) is 7.19. The number of nitrogens with zero attached hydrogens (tertiary/aromatic N) is 1. The van der Waals surface area contributed by atoms with Gasteiger partial charge < -0.3 is 14.0 Å². The summed E-state index contributed by atoms with van der Waals surface area (Å²) in [6.07, 6.45) is 2.21. The van der Waals surface area contributed by atoms with Crippen LogP contribution in [0.25, 0.3) is 0 Å². The predicted molar refractivity (Wildman–Crippen MR) is 102 cm³/mol. The van der Waals surface area contributed by atoms with Gasteiger partial charge in [0.2, 0.25) is 0 Å². The lowest BCUT2D eigenvalue weighted by Crippen LogP contribution is -2.44. The number of likely N-dealkylation sites (N-methyl/N-ethyl adjacent to an activating group) is 1. The van der Waals surface area contributed by atoms with Crippen LogP contribution < -0.4 is 4.74 Å². The molecule has 0 aliphatic carbocycles. The molecule has 1 saturated heterocycles. The molecule has 0 aromatic heterocycles. The zero-order chi connectivity index (χ0) is 18.4. The number of para-hydroxylation sites is 1. The van der Waals surface area contributed by atoms with E-state index in [4.69, 9.17) is 9.47 Å². The largest absolute Gasteiger partial charge is 0.493 e. The number of likely N-dealkylation sites (tertiary alicyclic amines) is 1. The van der Waals surface area contributed by atoms with E-state index < -0.39 is 0 Å². The van der Waals surface area contributed by atoms with Gasteiger partial charge in [0.25, 0.3) is 0 Å². The number of quaternary nitrogens is 1. The van der Waals surface area contributed by atoms with Crippen molar-refractivity contribution in [3.63, 3.8) is 0 Å². The number of carbonyl (C=O) groups is 1. The summed E-state index contributed by atoms with van der Waals surface area (Å²) in [6, 6.07) is 17.3. The van der Waals surface area contributed by atoms with Gasteiger partial charge in [-0.25, -0.2) is 4.79 Å². The summed E-state index contributed by atoms with van der Waals surface area (Å²) in [6.45, 7) is 5.49. The van der Waals surface area contributed by atoms with Gasteiger partial charge in [-0.15, -0.1) is 0 Å². The highest BCUT2D eigenvalue weighted by Gasteiger charge is 2.33. The first-order valence-electron chi connectivity index (χ1n) is 9.42. The molecular formula is C22H28NO3+. The van der Waals surface area contributed by atoms with Crippen LogP contribution in [0.4, 0.5) is 0 Å². The van der Waals surface area contributed by atoms with E-state index in [1.54, 1.807) is 6.07 Å². The molecule has 1 heterocycles. The summed E-state index contributed by atoms with van der Waals surface area (Å²) in [7, 11) is 2.25. The van der Waals surface area contributed by atoms with Crippen molar-refractivity contribution in [2.75, 3.05) is 33.3 Å². The number of rotatable bonds is 7. The maximum Gasteiger partial charge on any atom is 0.342 e. The molecule has 3 rings (SSSR count). The molecule has 0 saturated carbocycles. The van der Waals surface area contributed by atoms with Gasteiger partial charge in [0.15, 0.2) is 6.10 Å². The van der Waals surface area contributed by atoms with Crippen LogP contribution in [0.3, 0.4) is 0 Å². The standard InChI is InChI=1S/C22H28NO3/c1-3-25-20-14-8-7-13-19(20)22(24)26-21(18-11-5-4-6-12-18)17-23(2)15-9-10-16-23/h4-8,11-14,21H,3,9-10,15-17H2,1-2H3/q+1. The van der Waals surface area contributed by atoms with Crippen LogP contribution in [0.1, 0.15) is 41.8 Å². The number of benzene rings is 2. The summed E-state index contributed by atoms with van der Waals surface area (Å²) >= 11 is 0. The monoisotopic (exact) mass is 354 g/mol. The first-order valence-corrected chi connectivity index (χ1v) is 9.42. The molecule has 1 aliphatic rings. The maximum atomic E-state index is 12.9. The Kier molecular flexibility index (Phi) is 5.94. The lowest BCUT2D eigenvalue weighted by Gasteiger charge is -2.33. The molecule has 4 nitrogen and oxygen atoms in total. The van der Waals surface area contributed by atoms with E-state index in [0.29, 0.717) is 17.9 Å². The number of esters is 1. The van der Waals surface area contributed by atoms with E-state index in [1.807, 2.05) is 55.5 Å². The molecule has 1 fully saturated rings. The zero-order valence-corrected chi connectivity index (χ0v) is 15.7. The van der Waals surface area contributed by atoms with E-state index in [0.717, 1.165) is 29.7 Å². The minimum Gasteiger partial charge on any atom is -0.493 e. The Balaban J connectivity index is 1.82. The molecule has 1 atom stereocenters. The van der Waals surface area contributed by atoms with Crippen LogP contribution in [0, 0.1) is 0 Å². The molecule has 4 heteroatoms. The average Bonchev–Trinajstić information content (AvgIpc) is 3.09. The highest BCUT2D eigenvalue weighted by Crippen LogP contribution is 2.28. The topological polar surface area (TPSA) is 35.5 Å². The highest BCUT2D eigenvalue weighted by atomic mass is 16.5. The van der Waals surface area contributed by atoms with Crippen molar-refractivity contribution >= 4 is 5.97 Å². The van der Waals surface area contributed by atoms with Crippen molar-refractivity contribution in [1.82, 2.24) is 0 Å². The number of hydrogen-bond donors (Lipinski definition) is 0. The van der Waals surface area contributed by atoms with Crippen molar-refractivity contribution in [3.05, 3.63) is 65.7 Å². The minimum atomic E-state index is -0.325. The Labute approximate surface area is 155 Å². The third-order valence-corrected chi connectivity index (χ3v) is 5.08. The Hall–Kier alpha value is -2.33. The molecular weight excluding hydrogens is 326 g/mol. The lowest BCUT2D eigenvalue weighted by atomic mass is 10.1. The van der Waals surface area contributed by atoms with Crippen molar-refractivity contribution in [2.24, 2.45) is 0 Å². The fourth-order valence-corrected chi connectivity index (χ4v) is 3.67. The van der Waals surface area contributed by atoms with E-state index in [2.05, 4.69) is 7.05 Å². The van der Waals surface area contributed by atoms with Crippen LogP contribution >= 0.6 is 0 Å². The molecule has 2 aromatic carbocycles. The van der Waals surface area contributed by atoms with Gasteiger partial charge >= 0.3 is 5.97 Å². The highest BCUT2D eigenvalue weighted by molar-refractivity contribution is 5.92. The molecule has 26 heavy (non-hydrogen) atoms.